The van der Waals surface area contributed by atoms with Crippen LogP contribution >= 0.6 is 0 Å². The average molecular weight is 796 g/mol. The van der Waals surface area contributed by atoms with Gasteiger partial charge in [0.15, 0.2) is 0 Å². The van der Waals surface area contributed by atoms with Crippen LogP contribution in [-0.2, 0) is 33.2 Å². The van der Waals surface area contributed by atoms with Crippen molar-refractivity contribution in [2.45, 2.75) is 164 Å². The molecule has 10 heteroatoms. The van der Waals surface area contributed by atoms with Gasteiger partial charge in [-0.25, -0.2) is 4.79 Å². The Morgan fingerprint density at radius 2 is 1.44 bits per heavy atom. The number of methoxy groups -OCH3 is 4. The van der Waals surface area contributed by atoms with Crippen LogP contribution in [-0.4, -0.2) is 112 Å². The topological polar surface area (TPSA) is 113 Å². The molecular formula is C47H73NO9. The van der Waals surface area contributed by atoms with Crippen molar-refractivity contribution in [2.75, 3.05) is 48.6 Å². The minimum Gasteiger partial charge on any atom is -0.458 e. The molecule has 7 rings (SSSR count). The molecule has 10 nitrogen and oxygen atoms in total. The van der Waals surface area contributed by atoms with Crippen molar-refractivity contribution in [3.05, 3.63) is 35.9 Å². The van der Waals surface area contributed by atoms with E-state index in [0.717, 1.165) is 38.6 Å². The number of benzene rings is 1. The third-order valence-electron chi connectivity index (χ3n) is 16.2. The largest absolute Gasteiger partial charge is 0.458 e. The summed E-state index contributed by atoms with van der Waals surface area (Å²) in [5.74, 6) is -1.69. The normalized spacial score (nSPS) is 39.9. The summed E-state index contributed by atoms with van der Waals surface area (Å²) in [6, 6.07) is 8.90. The Bertz CT molecular complexity index is 1510. The Morgan fingerprint density at radius 3 is 2.04 bits per heavy atom. The number of aliphatic hydroxyl groups is 1. The van der Waals surface area contributed by atoms with Gasteiger partial charge >= 0.3 is 11.9 Å². The Balaban J connectivity index is 1.17. The zero-order valence-electron chi connectivity index (χ0n) is 35.9. The second-order valence-corrected chi connectivity index (χ2v) is 19.0. The standard InChI is InChI=1S/C47H73NO9/c1-7-8-9-10-11-12-13-14-15-16-17-18-22-25-36(49)57-46-29-35(54-5)45(51)28-33(37(46)42(45)56-43(50)32-23-20-19-21-24-32)47-34(53-4)26-27-44(31-52-3)30-48(2)41(47)38(46)39(55-6)40(44)47/h19-21,23-24,33-35,37-42,51H,7-18,22,25-31H2,1-6H3/t33-,34?,35+,37-,38+,39+,40-,41-,42-,44+,45-,46-,47+/m1/s1. The third kappa shape index (κ3) is 7.12. The second-order valence-electron chi connectivity index (χ2n) is 19.0. The molecule has 13 atom stereocenters. The number of likely N-dealkylation sites (tertiary alicyclic amines) is 1. The van der Waals surface area contributed by atoms with E-state index in [4.69, 9.17) is 28.4 Å². The molecule has 1 N–H and O–H groups in total. The van der Waals surface area contributed by atoms with Gasteiger partial charge in [0.25, 0.3) is 0 Å². The van der Waals surface area contributed by atoms with E-state index in [1.54, 1.807) is 33.5 Å². The van der Waals surface area contributed by atoms with Gasteiger partial charge in [0.2, 0.25) is 0 Å². The number of esters is 2. The number of fused-ring (bicyclic) bond motifs is 2. The first kappa shape index (κ1) is 43.0. The fourth-order valence-corrected chi connectivity index (χ4v) is 14.4. The summed E-state index contributed by atoms with van der Waals surface area (Å²) in [5.41, 5.74) is -2.91. The molecule has 1 heterocycles. The van der Waals surface area contributed by atoms with E-state index in [9.17, 15) is 14.7 Å². The van der Waals surface area contributed by atoms with Crippen molar-refractivity contribution in [2.24, 2.45) is 34.5 Å². The van der Waals surface area contributed by atoms with E-state index in [-0.39, 0.29) is 47.4 Å². The van der Waals surface area contributed by atoms with Crippen molar-refractivity contribution >= 4 is 11.9 Å². The Kier molecular flexibility index (Phi) is 13.5. The van der Waals surface area contributed by atoms with Gasteiger partial charge < -0.3 is 38.4 Å². The van der Waals surface area contributed by atoms with Crippen molar-refractivity contribution in [3.63, 3.8) is 0 Å². The molecule has 5 saturated carbocycles. The molecule has 1 aromatic rings. The van der Waals surface area contributed by atoms with Crippen LogP contribution in [0.2, 0.25) is 0 Å². The number of unbranched alkanes of at least 4 members (excludes halogenated alkanes) is 12. The fraction of sp³-hybridized carbons (Fsp3) is 0.830. The molecule has 7 bridgehead atoms. The number of carbonyl (C=O) groups excluding carboxylic acids is 2. The predicted molar refractivity (Wildman–Crippen MR) is 218 cm³/mol. The molecule has 57 heavy (non-hydrogen) atoms. The van der Waals surface area contributed by atoms with Crippen LogP contribution in [0.5, 0.6) is 0 Å². The van der Waals surface area contributed by atoms with Crippen LogP contribution in [0.25, 0.3) is 0 Å². The van der Waals surface area contributed by atoms with Gasteiger partial charge in [-0.3, -0.25) is 4.79 Å². The number of hydrogen-bond donors (Lipinski definition) is 1. The van der Waals surface area contributed by atoms with Crippen LogP contribution in [0.15, 0.2) is 30.3 Å². The Hall–Kier alpha value is -2.08. The Morgan fingerprint density at radius 1 is 0.807 bits per heavy atom. The summed E-state index contributed by atoms with van der Waals surface area (Å²) in [6.07, 6.45) is 16.6. The number of piperidine rings is 1. The fourth-order valence-electron chi connectivity index (χ4n) is 14.4. The Labute approximate surface area is 342 Å². The molecule has 1 spiro atoms. The highest BCUT2D eigenvalue weighted by Crippen LogP contribution is 2.80. The quantitative estimate of drug-likeness (QED) is 0.0923. The third-order valence-corrected chi connectivity index (χ3v) is 16.2. The lowest BCUT2D eigenvalue weighted by Crippen LogP contribution is -2.77. The number of carbonyl (C=O) groups is 2. The van der Waals surface area contributed by atoms with Gasteiger partial charge in [0.05, 0.1) is 30.5 Å². The van der Waals surface area contributed by atoms with Crippen molar-refractivity contribution in [1.82, 2.24) is 4.90 Å². The van der Waals surface area contributed by atoms with E-state index in [2.05, 4.69) is 18.9 Å². The molecule has 1 aromatic carbocycles. The minimum absolute atomic E-state index is 0.0147. The first-order chi connectivity index (χ1) is 27.6. The molecule has 1 saturated heterocycles. The van der Waals surface area contributed by atoms with Crippen LogP contribution in [0.1, 0.15) is 133 Å². The van der Waals surface area contributed by atoms with Crippen molar-refractivity contribution in [3.8, 4) is 0 Å². The number of nitrogens with zero attached hydrogens (tertiary/aromatic N) is 1. The first-order valence-electron chi connectivity index (χ1n) is 22.6. The second kappa shape index (κ2) is 17.9. The maximum Gasteiger partial charge on any atom is 0.338 e. The number of hydrogen-bond acceptors (Lipinski definition) is 10. The van der Waals surface area contributed by atoms with Gasteiger partial charge in [-0.05, 0) is 50.8 Å². The van der Waals surface area contributed by atoms with Crippen LogP contribution in [0, 0.1) is 34.5 Å². The van der Waals surface area contributed by atoms with Gasteiger partial charge in [-0.1, -0.05) is 102 Å². The van der Waals surface area contributed by atoms with E-state index < -0.39 is 40.7 Å². The predicted octanol–water partition coefficient (Wildman–Crippen LogP) is 7.78. The van der Waals surface area contributed by atoms with E-state index in [0.29, 0.717) is 31.4 Å². The number of rotatable bonds is 22. The lowest BCUT2D eigenvalue weighted by Gasteiger charge is -2.69. The highest BCUT2D eigenvalue weighted by atomic mass is 16.6. The molecule has 0 aromatic heterocycles. The summed E-state index contributed by atoms with van der Waals surface area (Å²) in [4.78, 5) is 30.9. The highest BCUT2D eigenvalue weighted by molar-refractivity contribution is 5.89. The maximum atomic E-state index is 14.4. The minimum atomic E-state index is -1.49. The van der Waals surface area contributed by atoms with Crippen molar-refractivity contribution in [1.29, 1.82) is 0 Å². The summed E-state index contributed by atoms with van der Waals surface area (Å²) in [6.45, 7) is 3.66. The summed E-state index contributed by atoms with van der Waals surface area (Å²) < 4.78 is 39.3. The molecule has 1 unspecified atom stereocenters. The molecular weight excluding hydrogens is 723 g/mol. The van der Waals surface area contributed by atoms with Gasteiger partial charge in [-0.15, -0.1) is 0 Å². The zero-order valence-corrected chi connectivity index (χ0v) is 35.9. The SMILES string of the molecule is CCCCCCCCCCCCCCCC(=O)O[C@]12C[C@H](OC)[C@]3(O)C[C@H]([C@@H]1[C@H]3OC(=O)c1ccccc1)[C@@]13C(OC)CC[C@@]4(COC)CN(C)[C@@H]1[C@@H]2[C@H](OC)[C@H]43. The van der Waals surface area contributed by atoms with E-state index >= 15 is 0 Å². The maximum absolute atomic E-state index is 14.4. The molecule has 0 radical (unpaired) electrons. The van der Waals surface area contributed by atoms with Crippen molar-refractivity contribution < 1.29 is 43.1 Å². The van der Waals surface area contributed by atoms with Crippen LogP contribution in [0.4, 0.5) is 0 Å². The van der Waals surface area contributed by atoms with Crippen LogP contribution < -0.4 is 0 Å². The molecule has 5 aliphatic carbocycles. The van der Waals surface area contributed by atoms with Crippen LogP contribution in [0.3, 0.4) is 0 Å². The average Bonchev–Trinajstić information content (AvgIpc) is 3.60. The lowest BCUT2D eigenvalue weighted by molar-refractivity contribution is -0.286. The molecule has 1 aliphatic heterocycles. The molecule has 6 fully saturated rings. The van der Waals surface area contributed by atoms with E-state index in [1.165, 1.54) is 64.2 Å². The van der Waals surface area contributed by atoms with E-state index in [1.807, 2.05) is 25.3 Å². The van der Waals surface area contributed by atoms with Gasteiger partial charge in [0, 0.05) is 82.5 Å². The summed E-state index contributed by atoms with van der Waals surface area (Å²) in [5, 5.41) is 13.0. The number of ether oxygens (including phenoxy) is 6. The molecule has 6 aliphatic rings. The first-order valence-corrected chi connectivity index (χ1v) is 22.6. The smallest absolute Gasteiger partial charge is 0.338 e. The molecule has 0 amide bonds. The summed E-state index contributed by atoms with van der Waals surface area (Å²) >= 11 is 0. The monoisotopic (exact) mass is 796 g/mol. The zero-order chi connectivity index (χ0) is 40.4. The van der Waals surface area contributed by atoms with Gasteiger partial charge in [0.1, 0.15) is 17.3 Å². The molecule has 320 valence electrons. The van der Waals surface area contributed by atoms with Gasteiger partial charge in [-0.2, -0.15) is 0 Å². The highest BCUT2D eigenvalue weighted by Gasteiger charge is 2.89. The lowest BCUT2D eigenvalue weighted by atomic mass is 9.43. The summed E-state index contributed by atoms with van der Waals surface area (Å²) in [7, 11) is 9.20.